The number of amides is 1. The van der Waals surface area contributed by atoms with Gasteiger partial charge in [-0.05, 0) is 67.5 Å². The average Bonchev–Trinajstić information content (AvgIpc) is 3.00. The first-order valence-corrected chi connectivity index (χ1v) is 15.0. The molecule has 0 spiro atoms. The summed E-state index contributed by atoms with van der Waals surface area (Å²) in [5, 5.41) is 10.7. The number of carbonyl (C=O) groups is 2. The molecule has 3 aromatic carbocycles. The van der Waals surface area contributed by atoms with Crippen LogP contribution in [0.5, 0.6) is 17.2 Å². The first-order chi connectivity index (χ1) is 21.2. The first-order valence-electron chi connectivity index (χ1n) is 13.4. The lowest BCUT2D eigenvalue weighted by molar-refractivity contribution is -0.139. The molecule has 1 aliphatic heterocycles. The van der Waals surface area contributed by atoms with E-state index in [1.165, 1.54) is 13.3 Å². The van der Waals surface area contributed by atoms with Gasteiger partial charge < -0.3 is 29.6 Å². The van der Waals surface area contributed by atoms with Crippen molar-refractivity contribution in [3.8, 4) is 17.2 Å². The van der Waals surface area contributed by atoms with Gasteiger partial charge in [0, 0.05) is 15.7 Å². The number of hydrogen-bond donors (Lipinski definition) is 3. The number of thiocarbonyl (C=S) groups is 1. The molecule has 3 N–H and O–H groups in total. The third kappa shape index (κ3) is 8.49. The number of carbonyl (C=O) groups excluding carboxylic acids is 2. The fourth-order valence-corrected chi connectivity index (χ4v) is 5.11. The molecule has 13 heteroatoms. The minimum atomic E-state index is -0.637. The van der Waals surface area contributed by atoms with Crippen LogP contribution in [-0.4, -0.2) is 43.5 Å². The maximum absolute atomic E-state index is 12.7. The molecule has 0 unspecified atom stereocenters. The van der Waals surface area contributed by atoms with E-state index < -0.39 is 17.9 Å². The number of esters is 1. The smallest absolute Gasteiger partial charge is 0.338 e. The Kier molecular flexibility index (Phi) is 11.6. The molecule has 0 bridgehead atoms. The van der Waals surface area contributed by atoms with E-state index >= 15 is 0 Å². The van der Waals surface area contributed by atoms with E-state index in [0.29, 0.717) is 56.4 Å². The lowest BCUT2D eigenvalue weighted by Gasteiger charge is -2.30. The second-order valence-electron chi connectivity index (χ2n) is 9.36. The van der Waals surface area contributed by atoms with Crippen LogP contribution < -0.4 is 30.3 Å². The standard InChI is InChI=1S/C31H30BrClN4O6S/c1-4-41-30(39)27-18(2)35-31(44)36-28(27)22-7-5-6-8-24(22)42-17-26(38)37-34-15-20-13-23(33)29(25(14-20)40-3)43-16-19-9-11-21(32)12-10-19/h5-15,28H,4,16-17H2,1-3H3,(H,37,38)(H2,35,36,44)/t28-/m0/s1. The van der Waals surface area contributed by atoms with Crippen LogP contribution in [0.4, 0.5) is 0 Å². The van der Waals surface area contributed by atoms with E-state index in [-0.39, 0.29) is 13.2 Å². The second-order valence-corrected chi connectivity index (χ2v) is 11.1. The van der Waals surface area contributed by atoms with Crippen molar-refractivity contribution in [2.75, 3.05) is 20.3 Å². The molecule has 0 saturated carbocycles. The molecule has 1 heterocycles. The van der Waals surface area contributed by atoms with Gasteiger partial charge in [-0.15, -0.1) is 0 Å². The van der Waals surface area contributed by atoms with Crippen molar-refractivity contribution in [2.24, 2.45) is 5.10 Å². The molecule has 0 saturated heterocycles. The number of para-hydroxylation sites is 1. The predicted octanol–water partition coefficient (Wildman–Crippen LogP) is 5.58. The molecule has 44 heavy (non-hydrogen) atoms. The summed E-state index contributed by atoms with van der Waals surface area (Å²) < 4.78 is 23.4. The Morgan fingerprint density at radius 1 is 1.11 bits per heavy atom. The Hall–Kier alpha value is -4.13. The van der Waals surface area contributed by atoms with Crippen LogP contribution in [0.3, 0.4) is 0 Å². The van der Waals surface area contributed by atoms with E-state index in [4.69, 9.17) is 42.8 Å². The number of ether oxygens (including phenoxy) is 4. The van der Waals surface area contributed by atoms with Crippen LogP contribution in [0.2, 0.25) is 5.02 Å². The van der Waals surface area contributed by atoms with Crippen LogP contribution >= 0.6 is 39.7 Å². The number of hydrogen-bond acceptors (Lipinski definition) is 8. The van der Waals surface area contributed by atoms with Crippen LogP contribution in [0.15, 0.2) is 81.5 Å². The Morgan fingerprint density at radius 2 is 1.86 bits per heavy atom. The lowest BCUT2D eigenvalue weighted by Crippen LogP contribution is -2.45. The number of hydrazone groups is 1. The number of allylic oxidation sites excluding steroid dienone is 1. The molecule has 0 radical (unpaired) electrons. The molecular formula is C31H30BrClN4O6S. The van der Waals surface area contributed by atoms with Gasteiger partial charge in [0.2, 0.25) is 0 Å². The molecule has 1 atom stereocenters. The van der Waals surface area contributed by atoms with Gasteiger partial charge in [-0.25, -0.2) is 10.2 Å². The van der Waals surface area contributed by atoms with Gasteiger partial charge in [0.05, 0.1) is 36.6 Å². The monoisotopic (exact) mass is 700 g/mol. The van der Waals surface area contributed by atoms with Crippen LogP contribution in [0, 0.1) is 0 Å². The van der Waals surface area contributed by atoms with Gasteiger partial charge in [-0.2, -0.15) is 5.10 Å². The molecule has 3 aromatic rings. The Balaban J connectivity index is 1.39. The number of nitrogens with zero attached hydrogens (tertiary/aromatic N) is 1. The average molecular weight is 702 g/mol. The summed E-state index contributed by atoms with van der Waals surface area (Å²) in [5.74, 6) is 0.207. The highest BCUT2D eigenvalue weighted by Crippen LogP contribution is 2.37. The fraction of sp³-hybridized carbons (Fsp3) is 0.226. The Morgan fingerprint density at radius 3 is 2.59 bits per heavy atom. The summed E-state index contributed by atoms with van der Waals surface area (Å²) in [6, 6.07) is 17.5. The highest BCUT2D eigenvalue weighted by atomic mass is 79.9. The third-order valence-corrected chi connectivity index (χ3v) is 7.33. The van der Waals surface area contributed by atoms with Crippen LogP contribution in [-0.2, 0) is 20.9 Å². The SMILES string of the molecule is CCOC(=O)C1=C(C)NC(=S)N[C@H]1c1ccccc1OCC(=O)NN=Cc1cc(Cl)c(OCc2ccc(Br)cc2)c(OC)c1. The van der Waals surface area contributed by atoms with E-state index in [2.05, 4.69) is 37.1 Å². The highest BCUT2D eigenvalue weighted by Gasteiger charge is 2.32. The van der Waals surface area contributed by atoms with Gasteiger partial charge in [0.1, 0.15) is 12.4 Å². The Labute approximate surface area is 273 Å². The summed E-state index contributed by atoms with van der Waals surface area (Å²) in [4.78, 5) is 25.3. The molecule has 1 aliphatic rings. The molecule has 4 rings (SSSR count). The predicted molar refractivity (Wildman–Crippen MR) is 175 cm³/mol. The van der Waals surface area contributed by atoms with Crippen LogP contribution in [0.25, 0.3) is 0 Å². The number of rotatable bonds is 12. The van der Waals surface area contributed by atoms with Crippen molar-refractivity contribution < 1.29 is 28.5 Å². The number of methoxy groups -OCH3 is 1. The summed E-state index contributed by atoms with van der Waals surface area (Å²) >= 11 is 15.2. The zero-order valence-corrected chi connectivity index (χ0v) is 27.3. The van der Waals surface area contributed by atoms with Crippen molar-refractivity contribution in [3.63, 3.8) is 0 Å². The van der Waals surface area contributed by atoms with E-state index in [0.717, 1.165) is 10.0 Å². The summed E-state index contributed by atoms with van der Waals surface area (Å²) in [6.07, 6.45) is 1.43. The van der Waals surface area contributed by atoms with E-state index in [9.17, 15) is 9.59 Å². The van der Waals surface area contributed by atoms with Gasteiger partial charge in [0.15, 0.2) is 23.2 Å². The zero-order valence-electron chi connectivity index (χ0n) is 24.1. The lowest BCUT2D eigenvalue weighted by atomic mass is 9.95. The van der Waals surface area contributed by atoms with Gasteiger partial charge >= 0.3 is 5.97 Å². The molecular weight excluding hydrogens is 672 g/mol. The van der Waals surface area contributed by atoms with Crippen LogP contribution in [0.1, 0.15) is 36.6 Å². The van der Waals surface area contributed by atoms with E-state index in [1.54, 1.807) is 50.2 Å². The molecule has 0 aliphatic carbocycles. The summed E-state index contributed by atoms with van der Waals surface area (Å²) in [6.45, 7) is 3.66. The molecule has 0 fully saturated rings. The second kappa shape index (κ2) is 15.6. The van der Waals surface area contributed by atoms with Crippen molar-refractivity contribution in [3.05, 3.63) is 98.1 Å². The maximum Gasteiger partial charge on any atom is 0.338 e. The minimum absolute atomic E-state index is 0.217. The topological polar surface area (TPSA) is 120 Å². The number of halogens is 2. The normalized spacial score (nSPS) is 14.5. The van der Waals surface area contributed by atoms with Gasteiger partial charge in [0.25, 0.3) is 5.91 Å². The van der Waals surface area contributed by atoms with Crippen molar-refractivity contribution in [2.45, 2.75) is 26.5 Å². The molecule has 1 amide bonds. The molecule has 230 valence electrons. The highest BCUT2D eigenvalue weighted by molar-refractivity contribution is 9.10. The zero-order chi connectivity index (χ0) is 31.6. The van der Waals surface area contributed by atoms with Crippen molar-refractivity contribution in [1.29, 1.82) is 0 Å². The van der Waals surface area contributed by atoms with Gasteiger partial charge in [-0.3, -0.25) is 4.79 Å². The fourth-order valence-electron chi connectivity index (χ4n) is 4.30. The third-order valence-electron chi connectivity index (χ3n) is 6.30. The number of nitrogens with one attached hydrogen (secondary N) is 3. The minimum Gasteiger partial charge on any atom is -0.493 e. The van der Waals surface area contributed by atoms with E-state index in [1.807, 2.05) is 24.3 Å². The maximum atomic E-state index is 12.7. The van der Waals surface area contributed by atoms with Gasteiger partial charge in [-0.1, -0.05) is 57.9 Å². The molecule has 0 aromatic heterocycles. The Bertz CT molecular complexity index is 1600. The first kappa shape index (κ1) is 32.8. The van der Waals surface area contributed by atoms with Crippen molar-refractivity contribution in [1.82, 2.24) is 16.1 Å². The van der Waals surface area contributed by atoms with Crippen molar-refractivity contribution >= 4 is 63.0 Å². The summed E-state index contributed by atoms with van der Waals surface area (Å²) in [7, 11) is 1.51. The largest absolute Gasteiger partial charge is 0.493 e. The molecule has 10 nitrogen and oxygen atoms in total. The quantitative estimate of drug-likeness (QED) is 0.0964. The summed E-state index contributed by atoms with van der Waals surface area (Å²) in [5.41, 5.74) is 5.53. The number of benzene rings is 3.